The first-order chi connectivity index (χ1) is 12.6. The summed E-state index contributed by atoms with van der Waals surface area (Å²) in [5.41, 5.74) is 1.57. The molecule has 1 N–H and O–H groups in total. The van der Waals surface area contributed by atoms with E-state index in [1.54, 1.807) is 35.2 Å². The van der Waals surface area contributed by atoms with Crippen LogP contribution < -0.4 is 5.32 Å². The topological polar surface area (TPSA) is 58.6 Å². The van der Waals surface area contributed by atoms with Gasteiger partial charge in [0.15, 0.2) is 0 Å². The van der Waals surface area contributed by atoms with Crippen molar-refractivity contribution in [3.63, 3.8) is 0 Å². The smallest absolute Gasteiger partial charge is 0.270 e. The van der Waals surface area contributed by atoms with Crippen LogP contribution in [0, 0.1) is 0 Å². The fourth-order valence-corrected chi connectivity index (χ4v) is 3.05. The first kappa shape index (κ1) is 18.4. The first-order valence-corrected chi connectivity index (χ1v) is 9.13. The number of carbonyl (C=O) groups excluding carboxylic acids is 2. The van der Waals surface area contributed by atoms with Gasteiger partial charge >= 0.3 is 0 Å². The van der Waals surface area contributed by atoms with Crippen LogP contribution >= 0.6 is 15.9 Å². The van der Waals surface area contributed by atoms with Crippen LogP contribution in [-0.4, -0.2) is 43.0 Å². The van der Waals surface area contributed by atoms with Gasteiger partial charge in [-0.1, -0.05) is 46.3 Å². The molecule has 2 aromatic rings. The predicted octanol–water partition coefficient (Wildman–Crippen LogP) is 3.08. The van der Waals surface area contributed by atoms with Crippen molar-refractivity contribution >= 4 is 33.8 Å². The van der Waals surface area contributed by atoms with Gasteiger partial charge in [-0.3, -0.25) is 9.59 Å². The predicted molar refractivity (Wildman–Crippen MR) is 103 cm³/mol. The van der Waals surface area contributed by atoms with Crippen LogP contribution in [0.15, 0.2) is 64.8 Å². The summed E-state index contributed by atoms with van der Waals surface area (Å²) in [5.74, 6) is -0.522. The third-order valence-electron chi connectivity index (χ3n) is 3.97. The van der Waals surface area contributed by atoms with Gasteiger partial charge < -0.3 is 15.0 Å². The van der Waals surface area contributed by atoms with E-state index in [2.05, 4.69) is 21.2 Å². The summed E-state index contributed by atoms with van der Waals surface area (Å²) in [7, 11) is 0. The molecule has 6 heteroatoms. The summed E-state index contributed by atoms with van der Waals surface area (Å²) >= 11 is 3.42. The lowest BCUT2D eigenvalue weighted by atomic mass is 10.1. The van der Waals surface area contributed by atoms with Gasteiger partial charge in [0, 0.05) is 23.1 Å². The van der Waals surface area contributed by atoms with E-state index in [4.69, 9.17) is 4.74 Å². The summed E-state index contributed by atoms with van der Waals surface area (Å²) in [6.45, 7) is 2.02. The molecule has 5 nitrogen and oxygen atoms in total. The quantitative estimate of drug-likeness (QED) is 0.781. The van der Waals surface area contributed by atoms with E-state index < -0.39 is 0 Å². The Morgan fingerprint density at radius 2 is 1.77 bits per heavy atom. The largest absolute Gasteiger partial charge is 0.378 e. The molecule has 1 aliphatic rings. The maximum Gasteiger partial charge on any atom is 0.270 e. The molecule has 0 spiro atoms. The molecule has 0 atom stereocenters. The Morgan fingerprint density at radius 1 is 1.04 bits per heavy atom. The number of ether oxygens (including phenoxy) is 1. The van der Waals surface area contributed by atoms with Crippen molar-refractivity contribution in [2.24, 2.45) is 0 Å². The molecule has 1 saturated heterocycles. The van der Waals surface area contributed by atoms with Crippen molar-refractivity contribution in [3.8, 4) is 0 Å². The molecule has 0 radical (unpaired) electrons. The van der Waals surface area contributed by atoms with Crippen LogP contribution in [0.25, 0.3) is 6.08 Å². The van der Waals surface area contributed by atoms with Crippen LogP contribution in [0.4, 0.5) is 0 Å². The minimum atomic E-state index is -0.312. The second kappa shape index (κ2) is 8.78. The zero-order valence-corrected chi connectivity index (χ0v) is 15.7. The monoisotopic (exact) mass is 414 g/mol. The van der Waals surface area contributed by atoms with E-state index in [0.29, 0.717) is 31.9 Å². The Morgan fingerprint density at radius 3 is 2.46 bits per heavy atom. The van der Waals surface area contributed by atoms with Crippen LogP contribution in [0.5, 0.6) is 0 Å². The number of rotatable bonds is 4. The average molecular weight is 415 g/mol. The Kier molecular flexibility index (Phi) is 6.20. The van der Waals surface area contributed by atoms with Crippen molar-refractivity contribution in [2.45, 2.75) is 0 Å². The van der Waals surface area contributed by atoms with Crippen molar-refractivity contribution in [1.29, 1.82) is 0 Å². The average Bonchev–Trinajstić information content (AvgIpc) is 2.68. The second-order valence-electron chi connectivity index (χ2n) is 5.84. The number of benzene rings is 2. The molecule has 0 bridgehead atoms. The number of hydrogen-bond donors (Lipinski definition) is 1. The summed E-state index contributed by atoms with van der Waals surface area (Å²) in [6, 6.07) is 16.4. The number of nitrogens with zero attached hydrogens (tertiary/aromatic N) is 1. The van der Waals surface area contributed by atoms with Gasteiger partial charge in [0.05, 0.1) is 13.2 Å². The van der Waals surface area contributed by atoms with Gasteiger partial charge in [-0.05, 0) is 35.9 Å². The van der Waals surface area contributed by atoms with Gasteiger partial charge in [-0.15, -0.1) is 0 Å². The van der Waals surface area contributed by atoms with Gasteiger partial charge in [0.1, 0.15) is 5.70 Å². The van der Waals surface area contributed by atoms with Crippen molar-refractivity contribution < 1.29 is 14.3 Å². The molecule has 0 unspecified atom stereocenters. The zero-order valence-electron chi connectivity index (χ0n) is 14.2. The van der Waals surface area contributed by atoms with Crippen LogP contribution in [0.1, 0.15) is 15.9 Å². The van der Waals surface area contributed by atoms with Crippen LogP contribution in [0.2, 0.25) is 0 Å². The Balaban J connectivity index is 1.87. The van der Waals surface area contributed by atoms with E-state index in [0.717, 1.165) is 10.0 Å². The number of amides is 2. The SMILES string of the molecule is O=C(N/C(=C\c1cccc(Br)c1)C(=O)N1CCOCC1)c1ccccc1. The number of nitrogens with one attached hydrogen (secondary N) is 1. The van der Waals surface area contributed by atoms with E-state index in [1.807, 2.05) is 30.3 Å². The Hall–Kier alpha value is -2.44. The third-order valence-corrected chi connectivity index (χ3v) is 4.47. The third kappa shape index (κ3) is 4.80. The first-order valence-electron chi connectivity index (χ1n) is 8.34. The molecule has 2 amide bonds. The molecule has 1 fully saturated rings. The van der Waals surface area contributed by atoms with Crippen molar-refractivity contribution in [1.82, 2.24) is 10.2 Å². The number of morpholine rings is 1. The molecule has 2 aromatic carbocycles. The maximum atomic E-state index is 12.9. The van der Waals surface area contributed by atoms with Crippen LogP contribution in [-0.2, 0) is 9.53 Å². The molecular weight excluding hydrogens is 396 g/mol. The molecule has 1 aliphatic heterocycles. The molecule has 0 saturated carbocycles. The highest BCUT2D eigenvalue weighted by molar-refractivity contribution is 9.10. The van der Waals surface area contributed by atoms with Gasteiger partial charge in [-0.25, -0.2) is 0 Å². The Bertz CT molecular complexity index is 815. The lowest BCUT2D eigenvalue weighted by Gasteiger charge is -2.27. The summed E-state index contributed by atoms with van der Waals surface area (Å²) < 4.78 is 6.21. The minimum Gasteiger partial charge on any atom is -0.378 e. The van der Waals surface area contributed by atoms with Crippen molar-refractivity contribution in [2.75, 3.05) is 26.3 Å². The lowest BCUT2D eigenvalue weighted by Crippen LogP contribution is -2.44. The molecular formula is C20H19BrN2O3. The second-order valence-corrected chi connectivity index (χ2v) is 6.75. The zero-order chi connectivity index (χ0) is 18.4. The number of halogens is 1. The highest BCUT2D eigenvalue weighted by atomic mass is 79.9. The molecule has 0 aliphatic carbocycles. The van der Waals surface area contributed by atoms with E-state index in [-0.39, 0.29) is 17.5 Å². The standard InChI is InChI=1S/C20H19BrN2O3/c21-17-8-4-5-15(13-17)14-18(20(25)23-9-11-26-12-10-23)22-19(24)16-6-2-1-3-7-16/h1-8,13-14H,9-12H2,(H,22,24)/b18-14-. The Labute approximate surface area is 160 Å². The lowest BCUT2D eigenvalue weighted by molar-refractivity contribution is -0.131. The molecule has 1 heterocycles. The molecule has 26 heavy (non-hydrogen) atoms. The van der Waals surface area contributed by atoms with E-state index in [9.17, 15) is 9.59 Å². The van der Waals surface area contributed by atoms with E-state index in [1.165, 1.54) is 0 Å². The number of hydrogen-bond acceptors (Lipinski definition) is 3. The summed E-state index contributed by atoms with van der Waals surface area (Å²) in [6.07, 6.45) is 1.70. The molecule has 0 aromatic heterocycles. The maximum absolute atomic E-state index is 12.9. The fourth-order valence-electron chi connectivity index (χ4n) is 2.64. The van der Waals surface area contributed by atoms with Gasteiger partial charge in [-0.2, -0.15) is 0 Å². The van der Waals surface area contributed by atoms with Crippen LogP contribution in [0.3, 0.4) is 0 Å². The summed E-state index contributed by atoms with van der Waals surface area (Å²) in [4.78, 5) is 27.2. The van der Waals surface area contributed by atoms with Crippen molar-refractivity contribution in [3.05, 3.63) is 75.9 Å². The fraction of sp³-hybridized carbons (Fsp3) is 0.200. The highest BCUT2D eigenvalue weighted by Crippen LogP contribution is 2.15. The van der Waals surface area contributed by atoms with Gasteiger partial charge in [0.25, 0.3) is 11.8 Å². The van der Waals surface area contributed by atoms with Gasteiger partial charge in [0.2, 0.25) is 0 Å². The normalized spacial score (nSPS) is 14.8. The highest BCUT2D eigenvalue weighted by Gasteiger charge is 2.22. The summed E-state index contributed by atoms with van der Waals surface area (Å²) in [5, 5.41) is 2.77. The molecule has 3 rings (SSSR count). The number of carbonyl (C=O) groups is 2. The minimum absolute atomic E-state index is 0.211. The van der Waals surface area contributed by atoms with E-state index >= 15 is 0 Å². The molecule has 134 valence electrons.